The number of amides is 1. The monoisotopic (exact) mass is 414 g/mol. The summed E-state index contributed by atoms with van der Waals surface area (Å²) < 4.78 is 23.7. The van der Waals surface area contributed by atoms with Crippen LogP contribution in [0.4, 0.5) is 0 Å². The molecule has 0 aliphatic carbocycles. The maximum Gasteiger partial charge on any atom is 0.253 e. The molecule has 0 atom stereocenters. The summed E-state index contributed by atoms with van der Waals surface area (Å²) in [5.41, 5.74) is 4.39. The van der Waals surface area contributed by atoms with Crippen LogP contribution in [-0.4, -0.2) is 32.3 Å². The Kier molecular flexibility index (Phi) is 6.44. The Hall–Kier alpha value is -2.18. The van der Waals surface area contributed by atoms with Crippen molar-refractivity contribution in [3.05, 3.63) is 64.2 Å². The summed E-state index contributed by atoms with van der Waals surface area (Å²) in [5, 5.41) is 5.33. The summed E-state index contributed by atoms with van der Waals surface area (Å²) >= 11 is 0. The van der Waals surface area contributed by atoms with Crippen LogP contribution in [0.1, 0.15) is 51.9 Å². The van der Waals surface area contributed by atoms with E-state index < -0.39 is 10.0 Å². The molecule has 6 heteroatoms. The Morgan fingerprint density at radius 3 is 2.28 bits per heavy atom. The molecule has 1 heterocycles. The molecular weight excluding hydrogens is 384 g/mol. The zero-order chi connectivity index (χ0) is 21.2. The van der Waals surface area contributed by atoms with Gasteiger partial charge in [0.15, 0.2) is 0 Å². The van der Waals surface area contributed by atoms with E-state index in [1.807, 2.05) is 4.90 Å². The van der Waals surface area contributed by atoms with Crippen molar-refractivity contribution < 1.29 is 13.2 Å². The fourth-order valence-electron chi connectivity index (χ4n) is 3.98. The second-order valence-electron chi connectivity index (χ2n) is 8.22. The molecule has 1 amide bonds. The summed E-state index contributed by atoms with van der Waals surface area (Å²) in [5.74, 6) is 0.495. The molecule has 1 aliphatic heterocycles. The van der Waals surface area contributed by atoms with Gasteiger partial charge >= 0.3 is 0 Å². The average Bonchev–Trinajstić information content (AvgIpc) is 2.68. The number of carbonyl (C=O) groups excluding carboxylic acids is 1. The van der Waals surface area contributed by atoms with Crippen LogP contribution in [-0.2, 0) is 16.4 Å². The molecule has 29 heavy (non-hydrogen) atoms. The number of aryl methyl sites for hydroxylation is 3. The Labute approximate surface area is 174 Å². The van der Waals surface area contributed by atoms with Gasteiger partial charge in [-0.15, -0.1) is 0 Å². The van der Waals surface area contributed by atoms with Gasteiger partial charge < -0.3 is 4.90 Å². The van der Waals surface area contributed by atoms with E-state index in [0.717, 1.165) is 31.2 Å². The number of nitrogens with zero attached hydrogens (tertiary/aromatic N) is 1. The lowest BCUT2D eigenvalue weighted by molar-refractivity contribution is 0.0686. The van der Waals surface area contributed by atoms with E-state index in [1.54, 1.807) is 19.9 Å². The highest BCUT2D eigenvalue weighted by Gasteiger charge is 2.25. The molecule has 2 aromatic rings. The highest BCUT2D eigenvalue weighted by atomic mass is 32.2. The topological polar surface area (TPSA) is 80.5 Å². The molecule has 1 aliphatic rings. The smallest absolute Gasteiger partial charge is 0.253 e. The molecule has 2 N–H and O–H groups in total. The van der Waals surface area contributed by atoms with Crippen molar-refractivity contribution in [2.45, 2.75) is 51.3 Å². The molecule has 156 valence electrons. The second-order valence-corrected chi connectivity index (χ2v) is 9.75. The normalized spacial score (nSPS) is 15.5. The Morgan fingerprint density at radius 1 is 1.07 bits per heavy atom. The van der Waals surface area contributed by atoms with Crippen LogP contribution in [0.25, 0.3) is 0 Å². The maximum absolute atomic E-state index is 13.0. The van der Waals surface area contributed by atoms with Gasteiger partial charge in [0.2, 0.25) is 10.0 Å². The van der Waals surface area contributed by atoms with Crippen molar-refractivity contribution in [3.63, 3.8) is 0 Å². The standard InChI is InChI=1S/C23H30N2O3S/c1-16-4-6-19(7-5-16)8-9-20-10-12-25(13-11-20)23(26)21-14-17(2)18(3)22(15-21)29(24,27)28/h4-7,14-15,20H,8-13H2,1-3H3,(H2,24,27,28). The quantitative estimate of drug-likeness (QED) is 0.809. The molecule has 0 radical (unpaired) electrons. The number of rotatable bonds is 5. The van der Waals surface area contributed by atoms with Gasteiger partial charge in [-0.1, -0.05) is 29.8 Å². The zero-order valence-electron chi connectivity index (χ0n) is 17.4. The van der Waals surface area contributed by atoms with E-state index in [9.17, 15) is 13.2 Å². The number of likely N-dealkylation sites (tertiary alicyclic amines) is 1. The highest BCUT2D eigenvalue weighted by molar-refractivity contribution is 7.89. The van der Waals surface area contributed by atoms with Crippen LogP contribution >= 0.6 is 0 Å². The number of benzene rings is 2. The molecule has 1 fully saturated rings. The Morgan fingerprint density at radius 2 is 1.69 bits per heavy atom. The predicted octanol–water partition coefficient (Wildman–Crippen LogP) is 3.74. The molecule has 3 rings (SSSR count). The lowest BCUT2D eigenvalue weighted by Gasteiger charge is -2.32. The number of hydrogen-bond acceptors (Lipinski definition) is 3. The first-order valence-electron chi connectivity index (χ1n) is 10.1. The summed E-state index contributed by atoms with van der Waals surface area (Å²) in [6.45, 7) is 7.02. The molecule has 0 aromatic heterocycles. The summed E-state index contributed by atoms with van der Waals surface area (Å²) in [7, 11) is -3.86. The van der Waals surface area contributed by atoms with Gasteiger partial charge in [-0.05, 0) is 81.2 Å². The minimum Gasteiger partial charge on any atom is -0.339 e. The van der Waals surface area contributed by atoms with Crippen LogP contribution in [0.15, 0.2) is 41.3 Å². The van der Waals surface area contributed by atoms with Crippen LogP contribution in [0.2, 0.25) is 0 Å². The van der Waals surface area contributed by atoms with Gasteiger partial charge in [0, 0.05) is 18.7 Å². The van der Waals surface area contributed by atoms with Crippen LogP contribution in [0.5, 0.6) is 0 Å². The zero-order valence-corrected chi connectivity index (χ0v) is 18.3. The van der Waals surface area contributed by atoms with Crippen molar-refractivity contribution in [2.75, 3.05) is 13.1 Å². The number of carbonyl (C=O) groups is 1. The van der Waals surface area contributed by atoms with Crippen molar-refractivity contribution >= 4 is 15.9 Å². The maximum atomic E-state index is 13.0. The third-order valence-electron chi connectivity index (χ3n) is 6.04. The lowest BCUT2D eigenvalue weighted by atomic mass is 9.90. The largest absolute Gasteiger partial charge is 0.339 e. The van der Waals surface area contributed by atoms with E-state index in [1.165, 1.54) is 17.2 Å². The molecule has 2 aromatic carbocycles. The molecule has 0 spiro atoms. The lowest BCUT2D eigenvalue weighted by Crippen LogP contribution is -2.38. The van der Waals surface area contributed by atoms with Gasteiger partial charge in [0.25, 0.3) is 5.91 Å². The van der Waals surface area contributed by atoms with Crippen LogP contribution in [0, 0.1) is 26.7 Å². The third kappa shape index (κ3) is 5.25. The van der Waals surface area contributed by atoms with Crippen LogP contribution < -0.4 is 5.14 Å². The second kappa shape index (κ2) is 8.67. The van der Waals surface area contributed by atoms with Crippen molar-refractivity contribution in [2.24, 2.45) is 11.1 Å². The van der Waals surface area contributed by atoms with Crippen molar-refractivity contribution in [1.29, 1.82) is 0 Å². The van der Waals surface area contributed by atoms with E-state index >= 15 is 0 Å². The fourth-order valence-corrected chi connectivity index (χ4v) is 4.86. The average molecular weight is 415 g/mol. The van der Waals surface area contributed by atoms with Crippen LogP contribution in [0.3, 0.4) is 0 Å². The third-order valence-corrected chi connectivity index (χ3v) is 7.07. The molecule has 5 nitrogen and oxygen atoms in total. The van der Waals surface area contributed by atoms with Gasteiger partial charge in [-0.3, -0.25) is 4.79 Å². The first-order chi connectivity index (χ1) is 13.6. The summed E-state index contributed by atoms with van der Waals surface area (Å²) in [4.78, 5) is 14.8. The SMILES string of the molecule is Cc1ccc(CCC2CCN(C(=O)c3cc(C)c(C)c(S(N)(=O)=O)c3)CC2)cc1. The minimum absolute atomic E-state index is 0.0360. The first kappa shape index (κ1) is 21.5. The Bertz CT molecular complexity index is 990. The van der Waals surface area contributed by atoms with E-state index in [4.69, 9.17) is 5.14 Å². The van der Waals surface area contributed by atoms with Gasteiger partial charge in [0.05, 0.1) is 4.90 Å². The molecule has 0 unspecified atom stereocenters. The van der Waals surface area contributed by atoms with Gasteiger partial charge in [-0.2, -0.15) is 0 Å². The van der Waals surface area contributed by atoms with E-state index in [-0.39, 0.29) is 10.8 Å². The molecule has 0 bridgehead atoms. The molecular formula is C23H30N2O3S. The van der Waals surface area contributed by atoms with Gasteiger partial charge in [-0.25, -0.2) is 13.6 Å². The number of sulfonamides is 1. The van der Waals surface area contributed by atoms with Gasteiger partial charge in [0.1, 0.15) is 0 Å². The molecule has 0 saturated carbocycles. The number of primary sulfonamides is 1. The number of nitrogens with two attached hydrogens (primary N) is 1. The highest BCUT2D eigenvalue weighted by Crippen LogP contribution is 2.26. The Balaban J connectivity index is 1.61. The number of hydrogen-bond donors (Lipinski definition) is 1. The fraction of sp³-hybridized carbons (Fsp3) is 0.435. The number of piperidine rings is 1. The summed E-state index contributed by atoms with van der Waals surface area (Å²) in [6, 6.07) is 11.9. The van der Waals surface area contributed by atoms with E-state index in [2.05, 4.69) is 31.2 Å². The summed E-state index contributed by atoms with van der Waals surface area (Å²) in [6.07, 6.45) is 4.15. The molecule has 1 saturated heterocycles. The first-order valence-corrected chi connectivity index (χ1v) is 11.7. The van der Waals surface area contributed by atoms with Crippen molar-refractivity contribution in [1.82, 2.24) is 4.90 Å². The van der Waals surface area contributed by atoms with Crippen molar-refractivity contribution in [3.8, 4) is 0 Å². The predicted molar refractivity (Wildman–Crippen MR) is 115 cm³/mol. The van der Waals surface area contributed by atoms with E-state index in [0.29, 0.717) is 30.1 Å². The minimum atomic E-state index is -3.86.